The highest BCUT2D eigenvalue weighted by molar-refractivity contribution is 7.95. The van der Waals surface area contributed by atoms with Gasteiger partial charge in [0.05, 0.1) is 31.1 Å². The summed E-state index contributed by atoms with van der Waals surface area (Å²) >= 11 is 0. The molecule has 0 radical (unpaired) electrons. The van der Waals surface area contributed by atoms with Crippen molar-refractivity contribution < 1.29 is 17.7 Å². The van der Waals surface area contributed by atoms with Crippen molar-refractivity contribution in [1.82, 2.24) is 4.90 Å². The van der Waals surface area contributed by atoms with Gasteiger partial charge in [0, 0.05) is 11.8 Å². The minimum Gasteiger partial charge on any atom is -0.364 e. The van der Waals surface area contributed by atoms with E-state index in [9.17, 15) is 18.1 Å². The monoisotopic (exact) mass is 386 g/mol. The maximum Gasteiger partial charge on any atom is 0.218 e. The molecule has 1 N–H and O–H groups in total. The number of nitrogens with one attached hydrogen (secondary N) is 1. The van der Waals surface area contributed by atoms with Crippen LogP contribution in [0.15, 0.2) is 70.6 Å². The molecule has 0 aliphatic carbocycles. The summed E-state index contributed by atoms with van der Waals surface area (Å²) in [6.45, 7) is 4.00. The summed E-state index contributed by atoms with van der Waals surface area (Å²) in [5.41, 5.74) is 1.27. The predicted molar refractivity (Wildman–Crippen MR) is 99.7 cm³/mol. The number of hydrogen-bond acceptors (Lipinski definition) is 4. The highest BCUT2D eigenvalue weighted by Gasteiger charge is 2.24. The molecule has 0 bridgehead atoms. The van der Waals surface area contributed by atoms with Crippen LogP contribution in [-0.4, -0.2) is 39.5 Å². The Morgan fingerprint density at radius 1 is 1.11 bits per heavy atom. The van der Waals surface area contributed by atoms with E-state index < -0.39 is 15.7 Å². The van der Waals surface area contributed by atoms with Gasteiger partial charge in [-0.15, -0.1) is 0 Å². The van der Waals surface area contributed by atoms with Crippen molar-refractivity contribution in [1.29, 1.82) is 5.26 Å². The Balaban J connectivity index is 1.67. The predicted octanol–water partition coefficient (Wildman–Crippen LogP) is 1.37. The standard InChI is InChI=1S/C20H20FN3O2S/c21-18-6-8-19(9-7-18)27(25,26)20(14-22)16-24-12-10-23(11-13-24)15-17-4-2-1-3-5-17/h1-9,16H,10-13,15H2/p+1/b20-16+. The first-order chi connectivity index (χ1) is 13.0. The zero-order valence-electron chi connectivity index (χ0n) is 14.8. The van der Waals surface area contributed by atoms with Crippen LogP contribution in [0.4, 0.5) is 4.39 Å². The molecule has 2 aromatic rings. The van der Waals surface area contributed by atoms with Crippen LogP contribution < -0.4 is 4.90 Å². The number of allylic oxidation sites excluding steroid dienone is 1. The molecule has 0 spiro atoms. The van der Waals surface area contributed by atoms with E-state index in [1.165, 1.54) is 28.8 Å². The van der Waals surface area contributed by atoms with Gasteiger partial charge in [-0.1, -0.05) is 30.3 Å². The third-order valence-electron chi connectivity index (χ3n) is 4.63. The third kappa shape index (κ3) is 4.73. The Morgan fingerprint density at radius 3 is 2.33 bits per heavy atom. The molecule has 5 nitrogen and oxygen atoms in total. The molecule has 3 rings (SSSR count). The Labute approximate surface area is 158 Å². The number of benzene rings is 2. The molecule has 0 saturated carbocycles. The van der Waals surface area contributed by atoms with Gasteiger partial charge in [-0.05, 0) is 24.3 Å². The zero-order valence-corrected chi connectivity index (χ0v) is 15.6. The first-order valence-electron chi connectivity index (χ1n) is 8.73. The number of hydrogen-bond donors (Lipinski definition) is 1. The number of quaternary nitrogens is 1. The molecule has 0 aromatic heterocycles. The van der Waals surface area contributed by atoms with Crippen LogP contribution in [0.3, 0.4) is 0 Å². The molecule has 0 amide bonds. The van der Waals surface area contributed by atoms with E-state index >= 15 is 0 Å². The van der Waals surface area contributed by atoms with Crippen molar-refractivity contribution >= 4 is 9.84 Å². The molecule has 2 aromatic carbocycles. The summed E-state index contributed by atoms with van der Waals surface area (Å²) in [4.78, 5) is 2.89. The molecular weight excluding hydrogens is 365 g/mol. The summed E-state index contributed by atoms with van der Waals surface area (Å²) in [6, 6.07) is 16.5. The second kappa shape index (κ2) is 8.33. The molecule has 0 atom stereocenters. The van der Waals surface area contributed by atoms with Gasteiger partial charge < -0.3 is 9.80 Å². The number of nitriles is 1. The number of sulfone groups is 1. The average molecular weight is 386 g/mol. The van der Waals surface area contributed by atoms with Crippen LogP contribution in [0.5, 0.6) is 0 Å². The van der Waals surface area contributed by atoms with E-state index in [0.717, 1.165) is 31.8 Å². The lowest BCUT2D eigenvalue weighted by molar-refractivity contribution is -0.917. The Morgan fingerprint density at radius 2 is 1.74 bits per heavy atom. The molecule has 1 saturated heterocycles. The van der Waals surface area contributed by atoms with Crippen molar-refractivity contribution in [3.05, 3.63) is 77.1 Å². The maximum absolute atomic E-state index is 13.0. The summed E-state index contributed by atoms with van der Waals surface area (Å²) in [7, 11) is -3.94. The topological polar surface area (TPSA) is 65.6 Å². The molecule has 1 heterocycles. The Hall–Kier alpha value is -2.69. The highest BCUT2D eigenvalue weighted by Crippen LogP contribution is 2.19. The second-order valence-electron chi connectivity index (χ2n) is 6.51. The SMILES string of the molecule is N#C/C(=C\N1CC[NH+](Cc2ccccc2)CC1)S(=O)(=O)c1ccc(F)cc1. The van der Waals surface area contributed by atoms with Crippen molar-refractivity contribution in [2.24, 2.45) is 0 Å². The van der Waals surface area contributed by atoms with Gasteiger partial charge in [0.25, 0.3) is 0 Å². The van der Waals surface area contributed by atoms with E-state index in [2.05, 4.69) is 12.1 Å². The van der Waals surface area contributed by atoms with Crippen LogP contribution in [-0.2, 0) is 16.4 Å². The second-order valence-corrected chi connectivity index (χ2v) is 8.43. The lowest BCUT2D eigenvalue weighted by Crippen LogP contribution is -3.13. The van der Waals surface area contributed by atoms with Crippen molar-refractivity contribution in [3.8, 4) is 6.07 Å². The van der Waals surface area contributed by atoms with Gasteiger partial charge in [0.15, 0.2) is 4.91 Å². The summed E-state index contributed by atoms with van der Waals surface area (Å²) in [6.07, 6.45) is 1.41. The summed E-state index contributed by atoms with van der Waals surface area (Å²) < 4.78 is 38.3. The summed E-state index contributed by atoms with van der Waals surface area (Å²) in [5.74, 6) is -0.519. The smallest absolute Gasteiger partial charge is 0.218 e. The first kappa shape index (κ1) is 19.1. The fraction of sp³-hybridized carbons (Fsp3) is 0.250. The van der Waals surface area contributed by atoms with Gasteiger partial charge in [0.2, 0.25) is 9.84 Å². The van der Waals surface area contributed by atoms with E-state index in [1.54, 1.807) is 6.07 Å². The Kier molecular flexibility index (Phi) is 5.89. The van der Waals surface area contributed by atoms with Gasteiger partial charge in [-0.2, -0.15) is 5.26 Å². The minimum absolute atomic E-state index is 0.0787. The maximum atomic E-state index is 13.0. The number of piperazine rings is 1. The fourth-order valence-corrected chi connectivity index (χ4v) is 4.25. The van der Waals surface area contributed by atoms with Crippen LogP contribution in [0.25, 0.3) is 0 Å². The average Bonchev–Trinajstić information content (AvgIpc) is 2.68. The number of rotatable bonds is 5. The van der Waals surface area contributed by atoms with Gasteiger partial charge >= 0.3 is 0 Å². The Bertz CT molecular complexity index is 943. The van der Waals surface area contributed by atoms with Crippen molar-refractivity contribution in [2.45, 2.75) is 11.4 Å². The lowest BCUT2D eigenvalue weighted by atomic mass is 10.2. The summed E-state index contributed by atoms with van der Waals surface area (Å²) in [5, 5.41) is 9.35. The van der Waals surface area contributed by atoms with E-state index in [1.807, 2.05) is 23.1 Å². The fourth-order valence-electron chi connectivity index (χ4n) is 3.10. The molecule has 0 unspecified atom stereocenters. The van der Waals surface area contributed by atoms with Crippen molar-refractivity contribution in [3.63, 3.8) is 0 Å². The van der Waals surface area contributed by atoms with E-state index in [-0.39, 0.29) is 9.80 Å². The normalized spacial score (nSPS) is 16.1. The molecule has 7 heteroatoms. The van der Waals surface area contributed by atoms with Crippen LogP contribution in [0.1, 0.15) is 5.56 Å². The molecule has 1 aliphatic rings. The van der Waals surface area contributed by atoms with Gasteiger partial charge in [-0.25, -0.2) is 12.8 Å². The highest BCUT2D eigenvalue weighted by atomic mass is 32.2. The molecule has 1 fully saturated rings. The lowest BCUT2D eigenvalue weighted by Gasteiger charge is -2.31. The third-order valence-corrected chi connectivity index (χ3v) is 6.29. The quantitative estimate of drug-likeness (QED) is 0.623. The first-order valence-corrected chi connectivity index (χ1v) is 10.2. The van der Waals surface area contributed by atoms with Gasteiger partial charge in [-0.3, -0.25) is 0 Å². The molecule has 140 valence electrons. The molecule has 27 heavy (non-hydrogen) atoms. The van der Waals surface area contributed by atoms with Crippen molar-refractivity contribution in [2.75, 3.05) is 26.2 Å². The van der Waals surface area contributed by atoms with Crippen LogP contribution >= 0.6 is 0 Å². The van der Waals surface area contributed by atoms with E-state index in [0.29, 0.717) is 13.1 Å². The van der Waals surface area contributed by atoms with Crippen LogP contribution in [0.2, 0.25) is 0 Å². The molecule has 1 aliphatic heterocycles. The van der Waals surface area contributed by atoms with E-state index in [4.69, 9.17) is 0 Å². The number of nitrogens with zero attached hydrogens (tertiary/aromatic N) is 2. The number of halogens is 1. The van der Waals surface area contributed by atoms with Gasteiger partial charge in [0.1, 0.15) is 18.4 Å². The molecular formula is C20H21FN3O2S+. The largest absolute Gasteiger partial charge is 0.364 e. The zero-order chi connectivity index (χ0) is 19.3. The minimum atomic E-state index is -3.94. The van der Waals surface area contributed by atoms with Crippen LogP contribution in [0, 0.1) is 17.1 Å².